The van der Waals surface area contributed by atoms with Crippen LogP contribution in [0.25, 0.3) is 22.2 Å². The average molecular weight is 679 g/mol. The van der Waals surface area contributed by atoms with E-state index in [-0.39, 0.29) is 22.4 Å². The third-order valence-corrected chi connectivity index (χ3v) is 13.3. The molecular formula is C38H43FN6O3Si. The van der Waals surface area contributed by atoms with Crippen molar-refractivity contribution in [2.45, 2.75) is 71.0 Å². The number of aliphatic imine (C=N–C) groups is 2. The standard InChI is InChI=1S/C38H43FN6O3Si/c1-38(2,3)49(4,5)48-30-18-16-29(17-19-30)34-26-45-36(32(42-34)24-27-13-9-8-10-14-27)43-33(37(45)46)25-28-15-20-35(31(39)23-28)47-22-12-7-6-11-21-41-44-40/h8-10,13-20,23,25-26H,6-7,11-12,21-22,24H2,1-5H3/b33-25-. The zero-order valence-electron chi connectivity index (χ0n) is 28.8. The number of carbonyl (C=O) groups excluding carboxylic acids is 1. The van der Waals surface area contributed by atoms with Gasteiger partial charge in [0.2, 0.25) is 8.32 Å². The Labute approximate surface area is 288 Å². The third kappa shape index (κ3) is 8.93. The van der Waals surface area contributed by atoms with Gasteiger partial charge in [0.15, 0.2) is 17.4 Å². The van der Waals surface area contributed by atoms with E-state index in [2.05, 4.69) is 43.9 Å². The van der Waals surface area contributed by atoms with Crippen LogP contribution in [0.1, 0.15) is 63.1 Å². The smallest absolute Gasteiger partial charge is 0.282 e. The molecule has 0 saturated carbocycles. The van der Waals surface area contributed by atoms with Crippen molar-refractivity contribution >= 4 is 37.5 Å². The molecule has 0 atom stereocenters. The zero-order chi connectivity index (χ0) is 35.0. The van der Waals surface area contributed by atoms with E-state index in [0.717, 1.165) is 42.6 Å². The molecule has 0 unspecified atom stereocenters. The van der Waals surface area contributed by atoms with E-state index < -0.39 is 14.1 Å². The number of unbranched alkanes of at least 4 members (excludes halogenated alkanes) is 3. The van der Waals surface area contributed by atoms with Gasteiger partial charge in [-0.2, -0.15) is 0 Å². The molecule has 0 N–H and O–H groups in total. The summed E-state index contributed by atoms with van der Waals surface area (Å²) in [6.45, 7) is 11.9. The number of benzene rings is 3. The quantitative estimate of drug-likeness (QED) is 0.0422. The van der Waals surface area contributed by atoms with E-state index in [0.29, 0.717) is 42.4 Å². The van der Waals surface area contributed by atoms with E-state index in [1.807, 2.05) is 54.6 Å². The molecule has 3 aromatic carbocycles. The monoisotopic (exact) mass is 678 g/mol. The Morgan fingerprint density at radius 2 is 1.71 bits per heavy atom. The van der Waals surface area contributed by atoms with Crippen molar-refractivity contribution in [3.63, 3.8) is 0 Å². The van der Waals surface area contributed by atoms with Crippen molar-refractivity contribution in [3.05, 3.63) is 118 Å². The highest BCUT2D eigenvalue weighted by atomic mass is 28.4. The van der Waals surface area contributed by atoms with Crippen molar-refractivity contribution in [1.29, 1.82) is 0 Å². The second kappa shape index (κ2) is 15.5. The van der Waals surface area contributed by atoms with Crippen molar-refractivity contribution in [2.75, 3.05) is 13.2 Å². The summed E-state index contributed by atoms with van der Waals surface area (Å²) in [5.41, 5.74) is 12.2. The van der Waals surface area contributed by atoms with Crippen molar-refractivity contribution < 1.29 is 18.3 Å². The van der Waals surface area contributed by atoms with E-state index in [1.54, 1.807) is 24.4 Å². The van der Waals surface area contributed by atoms with Crippen LogP contribution in [0.4, 0.5) is 4.39 Å². The summed E-state index contributed by atoms with van der Waals surface area (Å²) in [4.78, 5) is 27.7. The summed E-state index contributed by atoms with van der Waals surface area (Å²) in [7, 11) is -2.00. The molecule has 0 fully saturated rings. The lowest BCUT2D eigenvalue weighted by molar-refractivity contribution is -0.120. The van der Waals surface area contributed by atoms with Crippen LogP contribution in [-0.2, 0) is 11.2 Å². The van der Waals surface area contributed by atoms with Crippen LogP contribution in [0, 0.1) is 5.82 Å². The molecule has 1 amide bonds. The normalized spacial score (nSPS) is 15.3. The largest absolute Gasteiger partial charge is 0.544 e. The second-order valence-electron chi connectivity index (χ2n) is 13.7. The molecule has 9 nitrogen and oxygen atoms in total. The molecule has 0 radical (unpaired) electrons. The van der Waals surface area contributed by atoms with Gasteiger partial charge in [0.1, 0.15) is 11.4 Å². The highest BCUT2D eigenvalue weighted by Crippen LogP contribution is 2.38. The lowest BCUT2D eigenvalue weighted by Crippen LogP contribution is -2.43. The average Bonchev–Trinajstić information content (AvgIpc) is 3.38. The summed E-state index contributed by atoms with van der Waals surface area (Å²) in [6, 6.07) is 22.4. The number of hydrogen-bond acceptors (Lipinski definition) is 6. The Kier molecular flexibility index (Phi) is 11.2. The van der Waals surface area contributed by atoms with Crippen LogP contribution in [-0.4, -0.2) is 43.8 Å². The maximum atomic E-state index is 15.0. The fourth-order valence-corrected chi connectivity index (χ4v) is 6.17. The number of azide groups is 1. The molecular weight excluding hydrogens is 636 g/mol. The summed E-state index contributed by atoms with van der Waals surface area (Å²) in [5.74, 6) is 0.604. The van der Waals surface area contributed by atoms with Crippen molar-refractivity contribution in [2.24, 2.45) is 15.1 Å². The van der Waals surface area contributed by atoms with Gasteiger partial charge in [-0.25, -0.2) is 14.4 Å². The minimum Gasteiger partial charge on any atom is -0.544 e. The molecule has 11 heteroatoms. The maximum Gasteiger partial charge on any atom is 0.282 e. The number of nitrogens with zero attached hydrogens (tertiary/aromatic N) is 6. The van der Waals surface area contributed by atoms with Gasteiger partial charge in [-0.05, 0) is 90.1 Å². The number of rotatable bonds is 14. The Morgan fingerprint density at radius 1 is 0.980 bits per heavy atom. The lowest BCUT2D eigenvalue weighted by atomic mass is 10.0. The maximum absolute atomic E-state index is 15.0. The Morgan fingerprint density at radius 3 is 2.41 bits per heavy atom. The van der Waals surface area contributed by atoms with Gasteiger partial charge in [0.25, 0.3) is 5.91 Å². The van der Waals surface area contributed by atoms with Gasteiger partial charge in [-0.15, -0.1) is 0 Å². The van der Waals surface area contributed by atoms with E-state index >= 15 is 0 Å². The number of halogens is 1. The fourth-order valence-electron chi connectivity index (χ4n) is 5.13. The molecule has 0 aromatic heterocycles. The van der Waals surface area contributed by atoms with Crippen LogP contribution in [0.15, 0.2) is 99.8 Å². The Bertz CT molecular complexity index is 1840. The first-order valence-electron chi connectivity index (χ1n) is 16.7. The van der Waals surface area contributed by atoms with E-state index in [4.69, 9.17) is 24.7 Å². The topological polar surface area (TPSA) is 112 Å². The van der Waals surface area contributed by atoms with Crippen LogP contribution < -0.4 is 9.16 Å². The number of amidine groups is 1. The third-order valence-electron chi connectivity index (χ3n) is 8.93. The number of hydrogen-bond donors (Lipinski definition) is 0. The summed E-state index contributed by atoms with van der Waals surface area (Å²) in [5, 5.41) is 3.60. The molecule has 49 heavy (non-hydrogen) atoms. The van der Waals surface area contributed by atoms with Gasteiger partial charge >= 0.3 is 0 Å². The molecule has 3 aromatic rings. The van der Waals surface area contributed by atoms with Crippen LogP contribution in [0.2, 0.25) is 18.1 Å². The van der Waals surface area contributed by atoms with E-state index in [9.17, 15) is 9.18 Å². The lowest BCUT2D eigenvalue weighted by Gasteiger charge is -2.36. The zero-order valence-corrected chi connectivity index (χ0v) is 29.8. The van der Waals surface area contributed by atoms with Crippen LogP contribution in [0.3, 0.4) is 0 Å². The molecule has 5 rings (SSSR count). The SMILES string of the molecule is CC(C)(C)[Si](C)(C)Oc1ccc(C2=CN3C(=O)/C(=C/c4ccc(OCCCCCCN=[N+]=[N-])c(F)c4)N=C3C(Cc3ccccc3)=N2)cc1. The predicted octanol–water partition coefficient (Wildman–Crippen LogP) is 9.74. The fraction of sp³-hybridized carbons (Fsp3) is 0.342. The second-order valence-corrected chi connectivity index (χ2v) is 18.4. The molecule has 254 valence electrons. The first-order chi connectivity index (χ1) is 23.4. The Hall–Kier alpha value is -4.99. The molecule has 2 aliphatic rings. The number of amides is 1. The molecule has 0 bridgehead atoms. The van der Waals surface area contributed by atoms with Gasteiger partial charge in [0.05, 0.1) is 18.0 Å². The summed E-state index contributed by atoms with van der Waals surface area (Å²) < 4.78 is 27.1. The number of fused-ring (bicyclic) bond motifs is 1. The van der Waals surface area contributed by atoms with Gasteiger partial charge in [-0.1, -0.05) is 75.1 Å². The van der Waals surface area contributed by atoms with Crippen LogP contribution >= 0.6 is 0 Å². The highest BCUT2D eigenvalue weighted by Gasteiger charge is 2.39. The van der Waals surface area contributed by atoms with Gasteiger partial charge < -0.3 is 9.16 Å². The minimum absolute atomic E-state index is 0.0730. The van der Waals surface area contributed by atoms with E-state index in [1.165, 1.54) is 11.0 Å². The van der Waals surface area contributed by atoms with Gasteiger partial charge in [0, 0.05) is 29.6 Å². The molecule has 0 spiro atoms. The molecule has 2 aliphatic heterocycles. The number of carbonyl (C=O) groups is 1. The minimum atomic E-state index is -2.00. The summed E-state index contributed by atoms with van der Waals surface area (Å²) >= 11 is 0. The number of ether oxygens (including phenoxy) is 1. The molecule has 0 saturated heterocycles. The molecule has 2 heterocycles. The first kappa shape index (κ1) is 35.3. The van der Waals surface area contributed by atoms with Crippen molar-refractivity contribution in [3.8, 4) is 11.5 Å². The van der Waals surface area contributed by atoms with Crippen LogP contribution in [0.5, 0.6) is 11.5 Å². The predicted molar refractivity (Wildman–Crippen MR) is 196 cm³/mol. The Balaban J connectivity index is 1.34. The highest BCUT2D eigenvalue weighted by molar-refractivity contribution is 6.74. The van der Waals surface area contributed by atoms with Crippen molar-refractivity contribution in [1.82, 2.24) is 4.90 Å². The van der Waals surface area contributed by atoms with Gasteiger partial charge in [-0.3, -0.25) is 9.69 Å². The molecule has 0 aliphatic carbocycles. The first-order valence-corrected chi connectivity index (χ1v) is 19.6. The summed E-state index contributed by atoms with van der Waals surface area (Å²) in [6.07, 6.45) is 7.18.